The second-order valence-electron chi connectivity index (χ2n) is 6.96. The molecule has 0 radical (unpaired) electrons. The van der Waals surface area contributed by atoms with E-state index < -0.39 is 17.3 Å². The fourth-order valence-electron chi connectivity index (χ4n) is 3.31. The fourth-order valence-corrected chi connectivity index (χ4v) is 3.31. The molecule has 1 saturated heterocycles. The summed E-state index contributed by atoms with van der Waals surface area (Å²) in [5.74, 6) is -0.362. The molecule has 3 aromatic rings. The maximum Gasteiger partial charge on any atom is 0.416 e. The van der Waals surface area contributed by atoms with E-state index in [9.17, 15) is 22.8 Å². The molecule has 1 atom stereocenters. The van der Waals surface area contributed by atoms with Gasteiger partial charge in [-0.15, -0.1) is 0 Å². The summed E-state index contributed by atoms with van der Waals surface area (Å²) < 4.78 is 46.7. The molecule has 1 aromatic carbocycles. The Labute approximate surface area is 168 Å². The van der Waals surface area contributed by atoms with Crippen molar-refractivity contribution in [2.24, 2.45) is 0 Å². The number of benzene rings is 1. The largest absolute Gasteiger partial charge is 0.416 e. The predicted octanol–water partition coefficient (Wildman–Crippen LogP) is 1.90. The maximum absolute atomic E-state index is 13.0. The van der Waals surface area contributed by atoms with Gasteiger partial charge >= 0.3 is 6.18 Å². The second kappa shape index (κ2) is 7.90. The number of nitrogens with one attached hydrogen (secondary N) is 1. The summed E-state index contributed by atoms with van der Waals surface area (Å²) in [5, 5.41) is 6.83. The first-order valence-electron chi connectivity index (χ1n) is 9.32. The van der Waals surface area contributed by atoms with Crippen LogP contribution in [0.25, 0.3) is 16.7 Å². The van der Waals surface area contributed by atoms with Gasteiger partial charge in [0.05, 0.1) is 23.6 Å². The number of fused-ring (bicyclic) bond motifs is 1. The Bertz CT molecular complexity index is 1130. The minimum Gasteiger partial charge on any atom is -0.376 e. The minimum atomic E-state index is -4.50. The van der Waals surface area contributed by atoms with Crippen LogP contribution in [0.2, 0.25) is 0 Å². The molecule has 158 valence electrons. The molecular weight excluding hydrogens is 403 g/mol. The molecule has 4 rings (SSSR count). The Kier molecular flexibility index (Phi) is 5.29. The van der Waals surface area contributed by atoms with Gasteiger partial charge in [0.15, 0.2) is 5.65 Å². The molecule has 30 heavy (non-hydrogen) atoms. The van der Waals surface area contributed by atoms with Gasteiger partial charge in [-0.05, 0) is 31.0 Å². The highest BCUT2D eigenvalue weighted by Gasteiger charge is 2.30. The molecule has 0 bridgehead atoms. The lowest BCUT2D eigenvalue weighted by atomic mass is 10.2. The van der Waals surface area contributed by atoms with Crippen molar-refractivity contribution in [3.63, 3.8) is 0 Å². The van der Waals surface area contributed by atoms with Crippen LogP contribution in [0.15, 0.2) is 41.6 Å². The van der Waals surface area contributed by atoms with Crippen molar-refractivity contribution in [1.82, 2.24) is 24.6 Å². The van der Waals surface area contributed by atoms with Gasteiger partial charge in [-0.3, -0.25) is 14.2 Å². The van der Waals surface area contributed by atoms with Crippen LogP contribution in [0, 0.1) is 0 Å². The highest BCUT2D eigenvalue weighted by atomic mass is 19.4. The van der Waals surface area contributed by atoms with E-state index in [1.54, 1.807) is 0 Å². The molecule has 2 aromatic heterocycles. The highest BCUT2D eigenvalue weighted by Crippen LogP contribution is 2.30. The molecule has 1 unspecified atom stereocenters. The van der Waals surface area contributed by atoms with Crippen LogP contribution < -0.4 is 10.9 Å². The molecule has 11 heteroatoms. The van der Waals surface area contributed by atoms with E-state index in [2.05, 4.69) is 15.4 Å². The number of rotatable bonds is 5. The van der Waals surface area contributed by atoms with Crippen molar-refractivity contribution < 1.29 is 22.7 Å². The zero-order valence-corrected chi connectivity index (χ0v) is 15.7. The Balaban J connectivity index is 1.56. The number of hydrogen-bond donors (Lipinski definition) is 1. The summed E-state index contributed by atoms with van der Waals surface area (Å²) in [4.78, 5) is 29.0. The second-order valence-corrected chi connectivity index (χ2v) is 6.96. The number of aromatic nitrogens is 4. The smallest absolute Gasteiger partial charge is 0.376 e. The fraction of sp³-hybridized carbons (Fsp3) is 0.368. The van der Waals surface area contributed by atoms with Crippen LogP contribution in [-0.4, -0.2) is 44.5 Å². The van der Waals surface area contributed by atoms with E-state index in [0.717, 1.165) is 34.2 Å². The Morgan fingerprint density at radius 3 is 2.90 bits per heavy atom. The van der Waals surface area contributed by atoms with E-state index >= 15 is 0 Å². The third-order valence-corrected chi connectivity index (χ3v) is 4.84. The van der Waals surface area contributed by atoms with Crippen molar-refractivity contribution in [1.29, 1.82) is 0 Å². The number of ether oxygens (including phenoxy) is 1. The van der Waals surface area contributed by atoms with Crippen molar-refractivity contribution in [3.05, 3.63) is 52.7 Å². The monoisotopic (exact) mass is 421 g/mol. The SMILES string of the molecule is O=C(Cn1cnc2c(cnn2-c2cccc(C(F)(F)F)c2)c1=O)NCC1CCCO1. The number of carbonyl (C=O) groups is 1. The molecule has 0 saturated carbocycles. The molecule has 1 fully saturated rings. The molecule has 1 aliphatic rings. The van der Waals surface area contributed by atoms with Crippen molar-refractivity contribution >= 4 is 16.9 Å². The van der Waals surface area contributed by atoms with Gasteiger partial charge in [-0.1, -0.05) is 6.07 Å². The lowest BCUT2D eigenvalue weighted by Gasteiger charge is -2.11. The quantitative estimate of drug-likeness (QED) is 0.680. The lowest BCUT2D eigenvalue weighted by molar-refractivity contribution is -0.137. The molecule has 8 nitrogen and oxygen atoms in total. The predicted molar refractivity (Wildman–Crippen MR) is 100 cm³/mol. The first kappa shape index (κ1) is 20.1. The molecule has 0 spiro atoms. The Morgan fingerprint density at radius 1 is 1.33 bits per heavy atom. The molecule has 1 aliphatic heterocycles. The molecule has 0 aliphatic carbocycles. The lowest BCUT2D eigenvalue weighted by Crippen LogP contribution is -2.36. The van der Waals surface area contributed by atoms with Gasteiger partial charge in [0.25, 0.3) is 5.56 Å². The molecular formula is C19H18F3N5O3. The minimum absolute atomic E-state index is 0.0167. The van der Waals surface area contributed by atoms with Gasteiger partial charge in [-0.25, -0.2) is 9.67 Å². The molecule has 1 amide bonds. The summed E-state index contributed by atoms with van der Waals surface area (Å²) in [6, 6.07) is 4.57. The van der Waals surface area contributed by atoms with Crippen LogP contribution in [-0.2, 0) is 22.3 Å². The average Bonchev–Trinajstić information content (AvgIpc) is 3.38. The van der Waals surface area contributed by atoms with Crippen LogP contribution >= 0.6 is 0 Å². The zero-order valence-electron chi connectivity index (χ0n) is 15.7. The van der Waals surface area contributed by atoms with Gasteiger partial charge in [0.1, 0.15) is 18.3 Å². The summed E-state index contributed by atoms with van der Waals surface area (Å²) >= 11 is 0. The van der Waals surface area contributed by atoms with Crippen molar-refractivity contribution in [3.8, 4) is 5.69 Å². The standard InChI is InChI=1S/C19H18F3N5O3/c20-19(21,22)12-3-1-4-13(7-12)27-17-15(9-25-27)18(29)26(11-24-17)10-16(28)23-8-14-5-2-6-30-14/h1,3-4,7,9,11,14H,2,5-6,8,10H2,(H,23,28). The van der Waals surface area contributed by atoms with Crippen molar-refractivity contribution in [2.75, 3.05) is 13.2 Å². The first-order valence-corrected chi connectivity index (χ1v) is 9.32. The first-order chi connectivity index (χ1) is 14.3. The Hall–Kier alpha value is -3.21. The normalized spacial score (nSPS) is 16.8. The van der Waals surface area contributed by atoms with Crippen LogP contribution in [0.4, 0.5) is 13.2 Å². The van der Waals surface area contributed by atoms with E-state index in [4.69, 9.17) is 4.74 Å². The van der Waals surface area contributed by atoms with Gasteiger partial charge < -0.3 is 10.1 Å². The Morgan fingerprint density at radius 2 is 2.17 bits per heavy atom. The van der Waals surface area contributed by atoms with E-state index in [1.807, 2.05) is 0 Å². The topological polar surface area (TPSA) is 91.0 Å². The number of amides is 1. The van der Waals surface area contributed by atoms with Crippen LogP contribution in [0.3, 0.4) is 0 Å². The average molecular weight is 421 g/mol. The number of nitrogens with zero attached hydrogens (tertiary/aromatic N) is 4. The summed E-state index contributed by atoms with van der Waals surface area (Å²) in [6.07, 6.45) is -0.278. The number of halogens is 3. The van der Waals surface area contributed by atoms with E-state index in [0.29, 0.717) is 13.2 Å². The number of hydrogen-bond acceptors (Lipinski definition) is 5. The van der Waals surface area contributed by atoms with Crippen LogP contribution in [0.1, 0.15) is 18.4 Å². The summed E-state index contributed by atoms with van der Waals surface area (Å²) in [5.41, 5.74) is -1.11. The third kappa shape index (κ3) is 4.06. The van der Waals surface area contributed by atoms with Crippen molar-refractivity contribution in [2.45, 2.75) is 31.7 Å². The number of alkyl halides is 3. The number of carbonyl (C=O) groups excluding carboxylic acids is 1. The van der Waals surface area contributed by atoms with E-state index in [1.165, 1.54) is 24.7 Å². The zero-order chi connectivity index (χ0) is 21.3. The van der Waals surface area contributed by atoms with E-state index in [-0.39, 0.29) is 35.3 Å². The summed E-state index contributed by atoms with van der Waals surface area (Å²) in [6.45, 7) is 0.816. The van der Waals surface area contributed by atoms with Gasteiger partial charge in [0, 0.05) is 13.2 Å². The highest BCUT2D eigenvalue weighted by molar-refractivity contribution is 5.77. The molecule has 1 N–H and O–H groups in total. The summed E-state index contributed by atoms with van der Waals surface area (Å²) in [7, 11) is 0. The van der Waals surface area contributed by atoms with Gasteiger partial charge in [-0.2, -0.15) is 18.3 Å². The van der Waals surface area contributed by atoms with Crippen LogP contribution in [0.5, 0.6) is 0 Å². The van der Waals surface area contributed by atoms with Gasteiger partial charge in [0.2, 0.25) is 5.91 Å². The third-order valence-electron chi connectivity index (χ3n) is 4.84. The molecule has 3 heterocycles. The maximum atomic E-state index is 13.0.